The lowest BCUT2D eigenvalue weighted by Crippen LogP contribution is -2.15. The molecule has 0 spiro atoms. The number of nitrogens with zero attached hydrogens (tertiary/aromatic N) is 1. The van der Waals surface area contributed by atoms with Crippen molar-refractivity contribution in [1.29, 1.82) is 0 Å². The lowest BCUT2D eigenvalue weighted by molar-refractivity contribution is 0.300. The van der Waals surface area contributed by atoms with E-state index in [1.165, 1.54) is 18.4 Å². The van der Waals surface area contributed by atoms with Gasteiger partial charge in [-0.25, -0.2) is 0 Å². The largest absolute Gasteiger partial charge is 0.487 e. The van der Waals surface area contributed by atoms with Crippen LogP contribution in [-0.4, -0.2) is 11.0 Å². The van der Waals surface area contributed by atoms with Crippen LogP contribution in [-0.2, 0) is 13.2 Å². The molecule has 0 radical (unpaired) electrons. The SMILES string of the molecule is Cc1cccc(COc2ccc(Br)c(CNC3CC3)c2)n1. The van der Waals surface area contributed by atoms with E-state index in [1.807, 2.05) is 37.3 Å². The van der Waals surface area contributed by atoms with Gasteiger partial charge in [-0.2, -0.15) is 0 Å². The van der Waals surface area contributed by atoms with Gasteiger partial charge < -0.3 is 10.1 Å². The van der Waals surface area contributed by atoms with Crippen molar-refractivity contribution in [2.75, 3.05) is 0 Å². The van der Waals surface area contributed by atoms with Gasteiger partial charge in [0.2, 0.25) is 0 Å². The topological polar surface area (TPSA) is 34.1 Å². The number of hydrogen-bond donors (Lipinski definition) is 1. The number of rotatable bonds is 6. The van der Waals surface area contributed by atoms with Crippen LogP contribution in [0, 0.1) is 6.92 Å². The summed E-state index contributed by atoms with van der Waals surface area (Å²) < 4.78 is 6.98. The molecule has 3 rings (SSSR count). The Hall–Kier alpha value is -1.39. The molecule has 0 saturated heterocycles. The molecule has 1 saturated carbocycles. The first-order valence-electron chi connectivity index (χ1n) is 7.28. The molecular weight excluding hydrogens is 328 g/mol. The van der Waals surface area contributed by atoms with Gasteiger partial charge in [-0.15, -0.1) is 0 Å². The highest BCUT2D eigenvalue weighted by atomic mass is 79.9. The summed E-state index contributed by atoms with van der Waals surface area (Å²) in [7, 11) is 0. The summed E-state index contributed by atoms with van der Waals surface area (Å²) in [6, 6.07) is 12.8. The zero-order valence-corrected chi connectivity index (χ0v) is 13.7. The molecule has 0 aliphatic heterocycles. The summed E-state index contributed by atoms with van der Waals surface area (Å²) in [6.07, 6.45) is 2.60. The Bertz CT molecular complexity index is 626. The Morgan fingerprint density at radius 1 is 1.29 bits per heavy atom. The van der Waals surface area contributed by atoms with Crippen LogP contribution < -0.4 is 10.1 Å². The second-order valence-corrected chi connectivity index (χ2v) is 6.32. The summed E-state index contributed by atoms with van der Waals surface area (Å²) in [5.74, 6) is 0.883. The van der Waals surface area contributed by atoms with E-state index in [4.69, 9.17) is 4.74 Å². The number of aromatic nitrogens is 1. The number of ether oxygens (including phenoxy) is 1. The van der Waals surface area contributed by atoms with Crippen LogP contribution in [0.15, 0.2) is 40.9 Å². The van der Waals surface area contributed by atoms with Crippen LogP contribution in [0.4, 0.5) is 0 Å². The number of hydrogen-bond acceptors (Lipinski definition) is 3. The fourth-order valence-corrected chi connectivity index (χ4v) is 2.54. The lowest BCUT2D eigenvalue weighted by Gasteiger charge is -2.10. The third kappa shape index (κ3) is 4.29. The van der Waals surface area contributed by atoms with Crippen LogP contribution >= 0.6 is 15.9 Å². The quantitative estimate of drug-likeness (QED) is 0.858. The van der Waals surface area contributed by atoms with Gasteiger partial charge in [0.15, 0.2) is 0 Å². The monoisotopic (exact) mass is 346 g/mol. The number of benzene rings is 1. The number of halogens is 1. The lowest BCUT2D eigenvalue weighted by atomic mass is 10.2. The molecule has 3 nitrogen and oxygen atoms in total. The molecular formula is C17H19BrN2O. The maximum absolute atomic E-state index is 5.85. The van der Waals surface area contributed by atoms with Crippen molar-refractivity contribution < 1.29 is 4.74 Å². The van der Waals surface area contributed by atoms with Crippen LogP contribution in [0.5, 0.6) is 5.75 Å². The fraction of sp³-hybridized carbons (Fsp3) is 0.353. The molecule has 0 atom stereocenters. The molecule has 1 aromatic heterocycles. The first-order chi connectivity index (χ1) is 10.2. The molecule has 21 heavy (non-hydrogen) atoms. The molecule has 1 aliphatic carbocycles. The Labute approximate surface area is 133 Å². The minimum Gasteiger partial charge on any atom is -0.487 e. The van der Waals surface area contributed by atoms with Crippen LogP contribution in [0.3, 0.4) is 0 Å². The summed E-state index contributed by atoms with van der Waals surface area (Å²) in [4.78, 5) is 4.45. The Kier molecular flexibility index (Phi) is 4.56. The summed E-state index contributed by atoms with van der Waals surface area (Å²) in [5, 5.41) is 3.52. The number of pyridine rings is 1. The highest BCUT2D eigenvalue weighted by Crippen LogP contribution is 2.25. The Morgan fingerprint density at radius 3 is 2.90 bits per heavy atom. The average Bonchev–Trinajstić information content (AvgIpc) is 3.29. The number of nitrogens with one attached hydrogen (secondary N) is 1. The molecule has 1 heterocycles. The van der Waals surface area contributed by atoms with Gasteiger partial charge in [-0.05, 0) is 55.7 Å². The van der Waals surface area contributed by atoms with Gasteiger partial charge in [-0.3, -0.25) is 4.98 Å². The third-order valence-corrected chi connectivity index (χ3v) is 4.28. The van der Waals surface area contributed by atoms with Crippen molar-refractivity contribution in [3.63, 3.8) is 0 Å². The van der Waals surface area contributed by atoms with Crippen molar-refractivity contribution >= 4 is 15.9 Å². The van der Waals surface area contributed by atoms with E-state index in [9.17, 15) is 0 Å². The van der Waals surface area contributed by atoms with E-state index < -0.39 is 0 Å². The zero-order chi connectivity index (χ0) is 14.7. The molecule has 0 amide bonds. The van der Waals surface area contributed by atoms with Gasteiger partial charge in [0.05, 0.1) is 5.69 Å². The minimum atomic E-state index is 0.499. The molecule has 1 N–H and O–H groups in total. The second-order valence-electron chi connectivity index (χ2n) is 5.47. The highest BCUT2D eigenvalue weighted by Gasteiger charge is 2.20. The molecule has 1 aliphatic rings. The first kappa shape index (κ1) is 14.5. The third-order valence-electron chi connectivity index (χ3n) is 3.51. The first-order valence-corrected chi connectivity index (χ1v) is 8.07. The normalized spacial score (nSPS) is 14.2. The van der Waals surface area contributed by atoms with Crippen LogP contribution in [0.1, 0.15) is 29.8 Å². The van der Waals surface area contributed by atoms with Gasteiger partial charge in [0.1, 0.15) is 12.4 Å². The molecule has 4 heteroatoms. The van der Waals surface area contributed by atoms with Gasteiger partial charge in [0.25, 0.3) is 0 Å². The highest BCUT2D eigenvalue weighted by molar-refractivity contribution is 9.10. The second kappa shape index (κ2) is 6.58. The van der Waals surface area contributed by atoms with Crippen molar-refractivity contribution in [2.24, 2.45) is 0 Å². The predicted molar refractivity (Wildman–Crippen MR) is 87.3 cm³/mol. The molecule has 2 aromatic rings. The van der Waals surface area contributed by atoms with Crippen molar-refractivity contribution in [3.05, 3.63) is 57.8 Å². The van der Waals surface area contributed by atoms with Crippen molar-refractivity contribution in [2.45, 2.75) is 39.0 Å². The van der Waals surface area contributed by atoms with Gasteiger partial charge >= 0.3 is 0 Å². The standard InChI is InChI=1S/C17H19BrN2O/c1-12-3-2-4-15(20-12)11-21-16-7-8-17(18)13(9-16)10-19-14-5-6-14/h2-4,7-9,14,19H,5-6,10-11H2,1H3. The maximum atomic E-state index is 5.85. The van der Waals surface area contributed by atoms with E-state index in [0.29, 0.717) is 12.6 Å². The fourth-order valence-electron chi connectivity index (χ4n) is 2.16. The minimum absolute atomic E-state index is 0.499. The zero-order valence-electron chi connectivity index (χ0n) is 12.1. The van der Waals surface area contributed by atoms with E-state index >= 15 is 0 Å². The summed E-state index contributed by atoms with van der Waals surface area (Å²) >= 11 is 3.60. The van der Waals surface area contributed by atoms with Gasteiger partial charge in [-0.1, -0.05) is 22.0 Å². The van der Waals surface area contributed by atoms with E-state index in [0.717, 1.165) is 28.2 Å². The van der Waals surface area contributed by atoms with E-state index in [2.05, 4.69) is 32.3 Å². The molecule has 0 bridgehead atoms. The molecule has 110 valence electrons. The Morgan fingerprint density at radius 2 is 2.14 bits per heavy atom. The predicted octanol–water partition coefficient (Wildman–Crippen LogP) is 3.98. The maximum Gasteiger partial charge on any atom is 0.130 e. The molecule has 1 fully saturated rings. The Balaban J connectivity index is 1.63. The van der Waals surface area contributed by atoms with E-state index in [-0.39, 0.29) is 0 Å². The summed E-state index contributed by atoms with van der Waals surface area (Å²) in [5.41, 5.74) is 3.20. The summed E-state index contributed by atoms with van der Waals surface area (Å²) in [6.45, 7) is 3.37. The van der Waals surface area contributed by atoms with Crippen LogP contribution in [0.25, 0.3) is 0 Å². The van der Waals surface area contributed by atoms with E-state index in [1.54, 1.807) is 0 Å². The van der Waals surface area contributed by atoms with Crippen molar-refractivity contribution in [1.82, 2.24) is 10.3 Å². The smallest absolute Gasteiger partial charge is 0.130 e. The molecule has 1 aromatic carbocycles. The van der Waals surface area contributed by atoms with Gasteiger partial charge in [0, 0.05) is 22.8 Å². The molecule has 0 unspecified atom stereocenters. The average molecular weight is 347 g/mol. The van der Waals surface area contributed by atoms with Crippen LogP contribution in [0.2, 0.25) is 0 Å². The van der Waals surface area contributed by atoms with Crippen molar-refractivity contribution in [3.8, 4) is 5.75 Å². The number of aryl methyl sites for hydroxylation is 1.